The molecule has 0 radical (unpaired) electrons. The fraction of sp³-hybridized carbons (Fsp3) is 1.00. The molecule has 3 nitrogen and oxygen atoms in total. The number of aliphatic hydroxyl groups is 1. The second kappa shape index (κ2) is 5.68. The van der Waals surface area contributed by atoms with Gasteiger partial charge in [-0.05, 0) is 40.0 Å². The van der Waals surface area contributed by atoms with E-state index >= 15 is 0 Å². The van der Waals surface area contributed by atoms with Gasteiger partial charge >= 0.3 is 0 Å². The van der Waals surface area contributed by atoms with Crippen LogP contribution in [-0.4, -0.2) is 36.0 Å². The van der Waals surface area contributed by atoms with E-state index in [-0.39, 0.29) is 5.41 Å². The minimum atomic E-state index is -0.635. The van der Waals surface area contributed by atoms with Crippen molar-refractivity contribution >= 4 is 0 Å². The van der Waals surface area contributed by atoms with Crippen LogP contribution in [0.5, 0.6) is 0 Å². The Hall–Kier alpha value is -0.120. The summed E-state index contributed by atoms with van der Waals surface area (Å²) in [5, 5.41) is 13.3. The molecule has 0 saturated heterocycles. The highest BCUT2D eigenvalue weighted by atomic mass is 16.5. The first-order valence-corrected chi connectivity index (χ1v) is 6.97. The second-order valence-electron chi connectivity index (χ2n) is 5.87. The molecule has 2 atom stereocenters. The molecule has 2 unspecified atom stereocenters. The monoisotopic (exact) mass is 243 g/mol. The van der Waals surface area contributed by atoms with Crippen molar-refractivity contribution in [3.63, 3.8) is 0 Å². The topological polar surface area (TPSA) is 41.5 Å². The summed E-state index contributed by atoms with van der Waals surface area (Å²) in [5.74, 6) is 0. The van der Waals surface area contributed by atoms with Gasteiger partial charge in [-0.15, -0.1) is 0 Å². The van der Waals surface area contributed by atoms with E-state index in [0.717, 1.165) is 25.9 Å². The Morgan fingerprint density at radius 1 is 1.29 bits per heavy atom. The number of nitrogens with one attached hydrogen (secondary N) is 1. The van der Waals surface area contributed by atoms with E-state index < -0.39 is 5.60 Å². The summed E-state index contributed by atoms with van der Waals surface area (Å²) < 4.78 is 5.84. The highest BCUT2D eigenvalue weighted by Crippen LogP contribution is 2.48. The van der Waals surface area contributed by atoms with Crippen LogP contribution >= 0.6 is 0 Å². The maximum atomic E-state index is 9.78. The number of hydrogen-bond acceptors (Lipinski definition) is 3. The van der Waals surface area contributed by atoms with E-state index in [4.69, 9.17) is 4.74 Å². The molecule has 2 N–H and O–H groups in total. The van der Waals surface area contributed by atoms with Crippen LogP contribution in [0, 0.1) is 5.41 Å². The van der Waals surface area contributed by atoms with E-state index in [1.165, 1.54) is 0 Å². The fourth-order valence-corrected chi connectivity index (χ4v) is 3.04. The van der Waals surface area contributed by atoms with Gasteiger partial charge in [-0.3, -0.25) is 0 Å². The lowest BCUT2D eigenvalue weighted by Gasteiger charge is -2.56. The quantitative estimate of drug-likeness (QED) is 0.721. The molecule has 0 aromatic rings. The lowest BCUT2D eigenvalue weighted by Crippen LogP contribution is -2.64. The smallest absolute Gasteiger partial charge is 0.0715 e. The molecule has 0 heterocycles. The summed E-state index contributed by atoms with van der Waals surface area (Å²) in [6.45, 7) is 11.7. The van der Waals surface area contributed by atoms with Gasteiger partial charge in [-0.1, -0.05) is 13.8 Å². The first-order valence-electron chi connectivity index (χ1n) is 6.97. The maximum Gasteiger partial charge on any atom is 0.0715 e. The molecule has 1 aliphatic carbocycles. The zero-order chi connectivity index (χ0) is 13.1. The van der Waals surface area contributed by atoms with Gasteiger partial charge in [0, 0.05) is 24.6 Å². The van der Waals surface area contributed by atoms with Crippen molar-refractivity contribution in [3.05, 3.63) is 0 Å². The molecule has 0 aliphatic heterocycles. The molecular weight excluding hydrogens is 214 g/mol. The zero-order valence-electron chi connectivity index (χ0n) is 12.0. The van der Waals surface area contributed by atoms with Crippen LogP contribution in [0.2, 0.25) is 0 Å². The van der Waals surface area contributed by atoms with Crippen molar-refractivity contribution in [1.29, 1.82) is 0 Å². The number of ether oxygens (including phenoxy) is 1. The van der Waals surface area contributed by atoms with Crippen molar-refractivity contribution < 1.29 is 9.84 Å². The van der Waals surface area contributed by atoms with Crippen LogP contribution in [-0.2, 0) is 4.74 Å². The molecule has 1 saturated carbocycles. The summed E-state index contributed by atoms with van der Waals surface area (Å²) in [5.41, 5.74) is -0.370. The SMILES string of the molecule is CCOC1CC(NCC(C)(C)O)C1(CC)CC. The summed E-state index contributed by atoms with van der Waals surface area (Å²) in [7, 11) is 0. The van der Waals surface area contributed by atoms with Crippen LogP contribution in [0.4, 0.5) is 0 Å². The average Bonchev–Trinajstić information content (AvgIpc) is 2.23. The molecular formula is C14H29NO2. The molecule has 3 heteroatoms. The predicted octanol–water partition coefficient (Wildman–Crippen LogP) is 2.33. The molecule has 102 valence electrons. The van der Waals surface area contributed by atoms with Gasteiger partial charge < -0.3 is 15.2 Å². The van der Waals surface area contributed by atoms with Gasteiger partial charge in [0.15, 0.2) is 0 Å². The molecule has 1 fully saturated rings. The van der Waals surface area contributed by atoms with Crippen molar-refractivity contribution in [2.24, 2.45) is 5.41 Å². The summed E-state index contributed by atoms with van der Waals surface area (Å²) in [6.07, 6.45) is 3.74. The third-order valence-electron chi connectivity index (χ3n) is 4.25. The van der Waals surface area contributed by atoms with Crippen molar-refractivity contribution in [3.8, 4) is 0 Å². The van der Waals surface area contributed by atoms with Crippen LogP contribution in [0.15, 0.2) is 0 Å². The predicted molar refractivity (Wildman–Crippen MR) is 71.1 cm³/mol. The minimum absolute atomic E-state index is 0.265. The van der Waals surface area contributed by atoms with Gasteiger partial charge in [0.2, 0.25) is 0 Å². The van der Waals surface area contributed by atoms with Gasteiger partial charge in [-0.25, -0.2) is 0 Å². The Bertz CT molecular complexity index is 231. The van der Waals surface area contributed by atoms with Crippen LogP contribution in [0.1, 0.15) is 53.9 Å². The number of hydrogen-bond donors (Lipinski definition) is 2. The van der Waals surface area contributed by atoms with E-state index in [1.54, 1.807) is 0 Å². The van der Waals surface area contributed by atoms with E-state index in [9.17, 15) is 5.11 Å². The largest absolute Gasteiger partial charge is 0.389 e. The highest BCUT2D eigenvalue weighted by molar-refractivity contribution is 5.07. The standard InChI is InChI=1S/C14H29NO2/c1-6-14(7-2)11(9-12(14)17-8-3)15-10-13(4,5)16/h11-12,15-16H,6-10H2,1-5H3. The summed E-state index contributed by atoms with van der Waals surface area (Å²) in [4.78, 5) is 0. The van der Waals surface area contributed by atoms with Crippen molar-refractivity contribution in [1.82, 2.24) is 5.32 Å². The Morgan fingerprint density at radius 2 is 1.88 bits per heavy atom. The van der Waals surface area contributed by atoms with E-state index in [2.05, 4.69) is 26.1 Å². The first-order chi connectivity index (χ1) is 7.89. The second-order valence-corrected chi connectivity index (χ2v) is 5.87. The van der Waals surface area contributed by atoms with Gasteiger partial charge in [0.05, 0.1) is 11.7 Å². The maximum absolute atomic E-state index is 9.78. The lowest BCUT2D eigenvalue weighted by atomic mass is 9.58. The Morgan fingerprint density at radius 3 is 2.29 bits per heavy atom. The molecule has 1 rings (SSSR count). The molecule has 0 amide bonds. The van der Waals surface area contributed by atoms with Gasteiger partial charge in [-0.2, -0.15) is 0 Å². The summed E-state index contributed by atoms with van der Waals surface area (Å²) in [6, 6.07) is 0.487. The lowest BCUT2D eigenvalue weighted by molar-refractivity contribution is -0.140. The van der Waals surface area contributed by atoms with E-state index in [1.807, 2.05) is 13.8 Å². The molecule has 0 aromatic carbocycles. The third-order valence-corrected chi connectivity index (χ3v) is 4.25. The van der Waals surface area contributed by atoms with Crippen LogP contribution < -0.4 is 5.32 Å². The fourth-order valence-electron chi connectivity index (χ4n) is 3.04. The first kappa shape index (κ1) is 14.9. The molecule has 0 bridgehead atoms. The van der Waals surface area contributed by atoms with Crippen LogP contribution in [0.25, 0.3) is 0 Å². The minimum Gasteiger partial charge on any atom is -0.389 e. The van der Waals surface area contributed by atoms with E-state index in [0.29, 0.717) is 18.7 Å². The average molecular weight is 243 g/mol. The molecule has 0 aromatic heterocycles. The number of rotatable bonds is 7. The summed E-state index contributed by atoms with van der Waals surface area (Å²) >= 11 is 0. The highest BCUT2D eigenvalue weighted by Gasteiger charge is 2.53. The zero-order valence-corrected chi connectivity index (χ0v) is 12.0. The van der Waals surface area contributed by atoms with Gasteiger partial charge in [0.25, 0.3) is 0 Å². The van der Waals surface area contributed by atoms with Crippen molar-refractivity contribution in [2.45, 2.75) is 71.6 Å². The Balaban J connectivity index is 2.57. The Labute approximate surface area is 106 Å². The molecule has 17 heavy (non-hydrogen) atoms. The molecule has 1 aliphatic rings. The van der Waals surface area contributed by atoms with Gasteiger partial charge in [0.1, 0.15) is 0 Å². The van der Waals surface area contributed by atoms with Crippen molar-refractivity contribution in [2.75, 3.05) is 13.2 Å². The third kappa shape index (κ3) is 3.21. The Kier molecular flexibility index (Phi) is 4.99. The normalized spacial score (nSPS) is 27.9. The van der Waals surface area contributed by atoms with Crippen LogP contribution in [0.3, 0.4) is 0 Å². The molecule has 0 spiro atoms.